The average molecular weight is 355 g/mol. The fraction of sp³-hybridized carbons (Fsp3) is 0.368. The smallest absolute Gasteiger partial charge is 0.151 e. The van der Waals surface area contributed by atoms with Crippen molar-refractivity contribution in [3.63, 3.8) is 0 Å². The van der Waals surface area contributed by atoms with Crippen LogP contribution in [0.25, 0.3) is 0 Å². The van der Waals surface area contributed by atoms with Crippen molar-refractivity contribution in [2.24, 2.45) is 5.73 Å². The quantitative estimate of drug-likeness (QED) is 0.602. The lowest BCUT2D eigenvalue weighted by Gasteiger charge is -2.18. The van der Waals surface area contributed by atoms with Crippen LogP contribution in [0.15, 0.2) is 48.8 Å². The fourth-order valence-electron chi connectivity index (χ4n) is 3.30. The summed E-state index contributed by atoms with van der Waals surface area (Å²) in [5, 5.41) is 7.52. The van der Waals surface area contributed by atoms with Crippen molar-refractivity contribution in [1.82, 2.24) is 4.98 Å². The molecule has 0 unspecified atom stereocenters. The molecule has 2 saturated heterocycles. The Bertz CT molecular complexity index is 770. The van der Waals surface area contributed by atoms with Crippen LogP contribution in [0, 0.1) is 5.41 Å². The molecule has 4 atom stereocenters. The molecule has 136 valence electrons. The van der Waals surface area contributed by atoms with Gasteiger partial charge in [-0.2, -0.15) is 0 Å². The number of fused-ring (bicyclic) bond motifs is 1. The minimum absolute atomic E-state index is 0.0475. The van der Waals surface area contributed by atoms with E-state index >= 15 is 0 Å². The van der Waals surface area contributed by atoms with Gasteiger partial charge in [0.2, 0.25) is 0 Å². The number of rotatable bonds is 6. The number of pyridine rings is 1. The number of nitrogen functional groups attached to an aromatic ring is 1. The van der Waals surface area contributed by atoms with Gasteiger partial charge in [-0.1, -0.05) is 18.2 Å². The maximum atomic E-state index is 7.52. The van der Waals surface area contributed by atoms with Crippen LogP contribution < -0.4 is 10.5 Å². The van der Waals surface area contributed by atoms with Crippen LogP contribution in [0.1, 0.15) is 11.1 Å². The molecule has 0 saturated carbocycles. The van der Waals surface area contributed by atoms with Gasteiger partial charge >= 0.3 is 0 Å². The molecule has 0 bridgehead atoms. The largest absolute Gasteiger partial charge is 0.485 e. The van der Waals surface area contributed by atoms with Crippen molar-refractivity contribution in [3.05, 3.63) is 59.9 Å². The summed E-state index contributed by atoms with van der Waals surface area (Å²) in [4.78, 5) is 3.99. The first-order valence-electron chi connectivity index (χ1n) is 8.55. The molecule has 7 nitrogen and oxygen atoms in total. The summed E-state index contributed by atoms with van der Waals surface area (Å²) in [6, 6.07) is 11.1. The Balaban J connectivity index is 1.34. The minimum Gasteiger partial charge on any atom is -0.485 e. The number of hydrogen-bond donors (Lipinski definition) is 2. The molecule has 3 heterocycles. The molecule has 4 rings (SSSR count). The molecule has 2 aromatic rings. The van der Waals surface area contributed by atoms with Crippen molar-refractivity contribution >= 4 is 5.84 Å². The molecule has 0 amide bonds. The van der Waals surface area contributed by atoms with Gasteiger partial charge in [0.1, 0.15) is 29.9 Å². The molecule has 1 aromatic carbocycles. The predicted molar refractivity (Wildman–Crippen MR) is 94.2 cm³/mol. The topological polar surface area (TPSA) is 99.7 Å². The number of hydrogen-bond acceptors (Lipinski definition) is 6. The molecule has 2 aliphatic rings. The number of aromatic nitrogens is 1. The molecule has 0 aliphatic carbocycles. The van der Waals surface area contributed by atoms with Crippen molar-refractivity contribution in [1.29, 1.82) is 5.41 Å². The van der Waals surface area contributed by atoms with Crippen LogP contribution in [0.5, 0.6) is 5.75 Å². The molecule has 26 heavy (non-hydrogen) atoms. The fourth-order valence-corrected chi connectivity index (χ4v) is 3.30. The Kier molecular flexibility index (Phi) is 4.83. The van der Waals surface area contributed by atoms with Crippen molar-refractivity contribution in [2.45, 2.75) is 31.0 Å². The Morgan fingerprint density at radius 3 is 2.62 bits per heavy atom. The van der Waals surface area contributed by atoms with E-state index in [0.717, 1.165) is 11.3 Å². The molecular formula is C19H21N3O4. The first-order chi connectivity index (χ1) is 12.7. The summed E-state index contributed by atoms with van der Waals surface area (Å²) >= 11 is 0. The van der Waals surface area contributed by atoms with E-state index in [4.69, 9.17) is 30.1 Å². The van der Waals surface area contributed by atoms with Gasteiger partial charge in [0, 0.05) is 18.0 Å². The zero-order chi connectivity index (χ0) is 17.9. The van der Waals surface area contributed by atoms with Gasteiger partial charge in [-0.05, 0) is 23.8 Å². The van der Waals surface area contributed by atoms with Crippen LogP contribution in [0.3, 0.4) is 0 Å². The van der Waals surface area contributed by atoms with Crippen LogP contribution in [-0.4, -0.2) is 48.4 Å². The Morgan fingerprint density at radius 2 is 1.85 bits per heavy atom. The zero-order valence-electron chi connectivity index (χ0n) is 14.2. The number of amidine groups is 1. The van der Waals surface area contributed by atoms with Crippen LogP contribution in [0.4, 0.5) is 0 Å². The Labute approximate surface area is 151 Å². The number of nitrogens with one attached hydrogen (secondary N) is 1. The van der Waals surface area contributed by atoms with E-state index in [1.165, 1.54) is 0 Å². The van der Waals surface area contributed by atoms with Crippen molar-refractivity contribution in [3.8, 4) is 5.75 Å². The Morgan fingerprint density at radius 1 is 1.12 bits per heavy atom. The monoisotopic (exact) mass is 355 g/mol. The van der Waals surface area contributed by atoms with Gasteiger partial charge in [0.05, 0.1) is 19.8 Å². The third kappa shape index (κ3) is 3.55. The van der Waals surface area contributed by atoms with Gasteiger partial charge in [0.25, 0.3) is 0 Å². The van der Waals surface area contributed by atoms with Crippen LogP contribution in [0.2, 0.25) is 0 Å². The molecule has 0 radical (unpaired) electrons. The van der Waals surface area contributed by atoms with Crippen molar-refractivity contribution in [2.75, 3.05) is 13.2 Å². The van der Waals surface area contributed by atoms with Gasteiger partial charge in [-0.25, -0.2) is 0 Å². The average Bonchev–Trinajstić information content (AvgIpc) is 3.24. The summed E-state index contributed by atoms with van der Waals surface area (Å²) in [6.45, 7) is 1.35. The highest BCUT2D eigenvalue weighted by atomic mass is 16.6. The SMILES string of the molecule is N=C(N)c1cccc(CO[C@H]2CO[C@H]3[C@@H]2OC[C@H]3Oc2ccncc2)c1. The van der Waals surface area contributed by atoms with E-state index in [1.54, 1.807) is 12.4 Å². The number of ether oxygens (including phenoxy) is 4. The highest BCUT2D eigenvalue weighted by Gasteiger charge is 2.49. The van der Waals surface area contributed by atoms with E-state index in [0.29, 0.717) is 25.4 Å². The van der Waals surface area contributed by atoms with E-state index in [1.807, 2.05) is 36.4 Å². The van der Waals surface area contributed by atoms with E-state index in [2.05, 4.69) is 4.98 Å². The highest BCUT2D eigenvalue weighted by molar-refractivity contribution is 5.95. The second-order valence-corrected chi connectivity index (χ2v) is 6.40. The minimum atomic E-state index is -0.156. The maximum absolute atomic E-state index is 7.52. The van der Waals surface area contributed by atoms with Crippen molar-refractivity contribution < 1.29 is 18.9 Å². The zero-order valence-corrected chi connectivity index (χ0v) is 14.2. The number of nitrogens with zero attached hydrogens (tertiary/aromatic N) is 1. The molecule has 1 aromatic heterocycles. The molecule has 2 aliphatic heterocycles. The molecule has 7 heteroatoms. The van der Waals surface area contributed by atoms with E-state index in [-0.39, 0.29) is 30.3 Å². The summed E-state index contributed by atoms with van der Waals surface area (Å²) < 4.78 is 23.7. The lowest BCUT2D eigenvalue weighted by Crippen LogP contribution is -2.35. The van der Waals surface area contributed by atoms with Gasteiger partial charge in [-0.3, -0.25) is 10.4 Å². The molecule has 3 N–H and O–H groups in total. The maximum Gasteiger partial charge on any atom is 0.151 e. The lowest BCUT2D eigenvalue weighted by molar-refractivity contribution is -0.0426. The van der Waals surface area contributed by atoms with Gasteiger partial charge < -0.3 is 24.7 Å². The highest BCUT2D eigenvalue weighted by Crippen LogP contribution is 2.31. The normalized spacial score (nSPS) is 27.2. The predicted octanol–water partition coefficient (Wildman–Crippen LogP) is 1.50. The summed E-state index contributed by atoms with van der Waals surface area (Å²) in [5.74, 6) is 0.801. The number of benzene rings is 1. The van der Waals surface area contributed by atoms with Gasteiger partial charge in [0.15, 0.2) is 6.10 Å². The summed E-state index contributed by atoms with van der Waals surface area (Å²) in [7, 11) is 0. The van der Waals surface area contributed by atoms with Gasteiger partial charge in [-0.15, -0.1) is 0 Å². The number of nitrogens with two attached hydrogens (primary N) is 1. The van der Waals surface area contributed by atoms with E-state index in [9.17, 15) is 0 Å². The first kappa shape index (κ1) is 17.0. The molecule has 2 fully saturated rings. The first-order valence-corrected chi connectivity index (χ1v) is 8.55. The third-order valence-electron chi connectivity index (χ3n) is 4.60. The van der Waals surface area contributed by atoms with Crippen LogP contribution >= 0.6 is 0 Å². The second-order valence-electron chi connectivity index (χ2n) is 6.40. The molecule has 0 spiro atoms. The third-order valence-corrected chi connectivity index (χ3v) is 4.60. The molecular weight excluding hydrogens is 334 g/mol. The Hall–Kier alpha value is -2.48. The lowest BCUT2D eigenvalue weighted by atomic mass is 10.1. The summed E-state index contributed by atoms with van der Waals surface area (Å²) in [5.41, 5.74) is 7.19. The van der Waals surface area contributed by atoms with Crippen LogP contribution in [-0.2, 0) is 20.8 Å². The summed E-state index contributed by atoms with van der Waals surface area (Å²) in [6.07, 6.45) is 2.80. The second kappa shape index (κ2) is 7.41. The standard InChI is InChI=1S/C19H21N3O4/c20-19(21)13-3-1-2-12(8-13)9-23-15-10-24-18-16(11-25-17(15)18)26-14-4-6-22-7-5-14/h1-8,15-18H,9-11H2,(H3,20,21)/t15-,16+,17+,18+/m0/s1. The van der Waals surface area contributed by atoms with E-state index < -0.39 is 0 Å².